The van der Waals surface area contributed by atoms with Gasteiger partial charge in [0.1, 0.15) is 0 Å². The standard InChI is InChI=1S/C19H18N4O3/c1-20-16(24)11-23-15-10-6-3-7-12(15)17(25)22(2)19(23)13-8-4-5-9-14(13)21-18(19)26/h3-10H,11H2,1-2H3,(H,20,24)(H,21,26)/t19-/m1/s1. The number of likely N-dealkylation sites (N-methyl/N-ethyl adjacent to an activating group) is 2. The maximum Gasteiger partial charge on any atom is 0.276 e. The second kappa shape index (κ2) is 5.59. The van der Waals surface area contributed by atoms with Crippen molar-refractivity contribution in [3.8, 4) is 0 Å². The third-order valence-electron chi connectivity index (χ3n) is 5.05. The number of carbonyl (C=O) groups is 3. The van der Waals surface area contributed by atoms with Crippen molar-refractivity contribution in [1.82, 2.24) is 10.2 Å². The molecule has 4 rings (SSSR count). The molecule has 0 fully saturated rings. The lowest BCUT2D eigenvalue weighted by molar-refractivity contribution is -0.126. The van der Waals surface area contributed by atoms with E-state index < -0.39 is 5.66 Å². The highest BCUT2D eigenvalue weighted by Crippen LogP contribution is 2.48. The number of para-hydroxylation sites is 2. The second-order valence-electron chi connectivity index (χ2n) is 6.31. The molecule has 1 atom stereocenters. The summed E-state index contributed by atoms with van der Waals surface area (Å²) in [7, 11) is 3.14. The summed E-state index contributed by atoms with van der Waals surface area (Å²) in [6, 6.07) is 14.3. The molecule has 132 valence electrons. The van der Waals surface area contributed by atoms with Crippen LogP contribution in [0.1, 0.15) is 15.9 Å². The van der Waals surface area contributed by atoms with E-state index in [4.69, 9.17) is 0 Å². The van der Waals surface area contributed by atoms with Crippen LogP contribution < -0.4 is 15.5 Å². The molecule has 0 aliphatic carbocycles. The zero-order valence-electron chi connectivity index (χ0n) is 14.4. The Labute approximate surface area is 150 Å². The number of nitrogens with one attached hydrogen (secondary N) is 2. The molecule has 0 aromatic heterocycles. The van der Waals surface area contributed by atoms with Crippen LogP contribution in [-0.4, -0.2) is 43.3 Å². The van der Waals surface area contributed by atoms with Gasteiger partial charge in [-0.15, -0.1) is 0 Å². The van der Waals surface area contributed by atoms with Crippen molar-refractivity contribution in [2.24, 2.45) is 0 Å². The molecule has 0 saturated carbocycles. The van der Waals surface area contributed by atoms with Gasteiger partial charge in [0.05, 0.1) is 17.8 Å². The second-order valence-corrected chi connectivity index (χ2v) is 6.31. The summed E-state index contributed by atoms with van der Waals surface area (Å²) in [4.78, 5) is 41.6. The number of nitrogens with zero attached hydrogens (tertiary/aromatic N) is 2. The molecule has 2 N–H and O–H groups in total. The van der Waals surface area contributed by atoms with Crippen molar-refractivity contribution in [3.63, 3.8) is 0 Å². The lowest BCUT2D eigenvalue weighted by Crippen LogP contribution is -2.66. The van der Waals surface area contributed by atoms with Crippen LogP contribution in [0.2, 0.25) is 0 Å². The molecule has 0 radical (unpaired) electrons. The van der Waals surface area contributed by atoms with Gasteiger partial charge >= 0.3 is 0 Å². The molecule has 7 heteroatoms. The molecule has 0 bridgehead atoms. The molecule has 26 heavy (non-hydrogen) atoms. The fraction of sp³-hybridized carbons (Fsp3) is 0.211. The Hall–Kier alpha value is -3.35. The van der Waals surface area contributed by atoms with E-state index in [0.717, 1.165) is 0 Å². The van der Waals surface area contributed by atoms with E-state index in [0.29, 0.717) is 22.5 Å². The Morgan fingerprint density at radius 3 is 2.58 bits per heavy atom. The fourth-order valence-electron chi connectivity index (χ4n) is 3.82. The topological polar surface area (TPSA) is 81.8 Å². The third-order valence-corrected chi connectivity index (χ3v) is 5.05. The number of hydrogen-bond donors (Lipinski definition) is 2. The number of rotatable bonds is 2. The van der Waals surface area contributed by atoms with Crippen LogP contribution in [0.15, 0.2) is 48.5 Å². The van der Waals surface area contributed by atoms with Gasteiger partial charge in [-0.2, -0.15) is 0 Å². The Morgan fingerprint density at radius 2 is 1.81 bits per heavy atom. The summed E-state index contributed by atoms with van der Waals surface area (Å²) in [5.74, 6) is -0.868. The molecule has 2 aliphatic rings. The Kier molecular flexibility index (Phi) is 3.47. The van der Waals surface area contributed by atoms with Crippen LogP contribution in [0.25, 0.3) is 0 Å². The highest BCUT2D eigenvalue weighted by molar-refractivity contribution is 6.15. The molecule has 2 aromatic carbocycles. The Morgan fingerprint density at radius 1 is 1.12 bits per heavy atom. The summed E-state index contributed by atoms with van der Waals surface area (Å²) in [5.41, 5.74) is 0.902. The molecule has 0 unspecified atom stereocenters. The first-order valence-electron chi connectivity index (χ1n) is 8.28. The van der Waals surface area contributed by atoms with Crippen molar-refractivity contribution in [2.75, 3.05) is 30.9 Å². The number of fused-ring (bicyclic) bond motifs is 3. The van der Waals surface area contributed by atoms with E-state index in [1.54, 1.807) is 49.3 Å². The molecule has 7 nitrogen and oxygen atoms in total. The summed E-state index contributed by atoms with van der Waals surface area (Å²) < 4.78 is 0. The maximum atomic E-state index is 13.2. The van der Waals surface area contributed by atoms with Crippen LogP contribution >= 0.6 is 0 Å². The molecular weight excluding hydrogens is 332 g/mol. The van der Waals surface area contributed by atoms with Crippen LogP contribution in [-0.2, 0) is 15.3 Å². The average molecular weight is 350 g/mol. The van der Waals surface area contributed by atoms with E-state index in [1.807, 2.05) is 18.2 Å². The largest absolute Gasteiger partial charge is 0.358 e. The number of hydrogen-bond acceptors (Lipinski definition) is 4. The smallest absolute Gasteiger partial charge is 0.276 e. The zero-order valence-corrected chi connectivity index (χ0v) is 14.4. The maximum absolute atomic E-state index is 13.2. The Balaban J connectivity index is 2.02. The number of carbonyl (C=O) groups excluding carboxylic acids is 3. The summed E-state index contributed by atoms with van der Waals surface area (Å²) in [6.07, 6.45) is 0. The quantitative estimate of drug-likeness (QED) is 0.851. The molecule has 2 aliphatic heterocycles. The lowest BCUT2D eigenvalue weighted by Gasteiger charge is -2.50. The number of amides is 3. The van der Waals surface area contributed by atoms with Gasteiger partial charge in [0.15, 0.2) is 0 Å². The van der Waals surface area contributed by atoms with Gasteiger partial charge in [-0.25, -0.2) is 0 Å². The van der Waals surface area contributed by atoms with Crippen LogP contribution in [0.3, 0.4) is 0 Å². The van der Waals surface area contributed by atoms with E-state index in [9.17, 15) is 14.4 Å². The lowest BCUT2D eigenvalue weighted by atomic mass is 9.91. The van der Waals surface area contributed by atoms with Crippen molar-refractivity contribution in [3.05, 3.63) is 59.7 Å². The number of benzene rings is 2. The average Bonchev–Trinajstić information content (AvgIpc) is 2.96. The van der Waals surface area contributed by atoms with Crippen LogP contribution in [0.4, 0.5) is 11.4 Å². The highest BCUT2D eigenvalue weighted by atomic mass is 16.2. The van der Waals surface area contributed by atoms with Gasteiger partial charge in [-0.1, -0.05) is 30.3 Å². The normalized spacial score (nSPS) is 20.7. The summed E-state index contributed by atoms with van der Waals surface area (Å²) >= 11 is 0. The van der Waals surface area contributed by atoms with Gasteiger partial charge in [-0.05, 0) is 18.2 Å². The van der Waals surface area contributed by atoms with E-state index in [1.165, 1.54) is 4.90 Å². The van der Waals surface area contributed by atoms with Crippen LogP contribution in [0.5, 0.6) is 0 Å². The van der Waals surface area contributed by atoms with Crippen LogP contribution in [0, 0.1) is 0 Å². The molecular formula is C19H18N4O3. The minimum absolute atomic E-state index is 0.0626. The fourth-order valence-corrected chi connectivity index (χ4v) is 3.82. The van der Waals surface area contributed by atoms with E-state index in [-0.39, 0.29) is 24.3 Å². The SMILES string of the molecule is CNC(=O)CN1c2ccccc2C(=O)N(C)[C@@]12C(=O)Nc1ccccc12. The van der Waals surface area contributed by atoms with Gasteiger partial charge in [0, 0.05) is 25.3 Å². The minimum atomic E-state index is -1.41. The first kappa shape index (κ1) is 16.1. The summed E-state index contributed by atoms with van der Waals surface area (Å²) in [5, 5.41) is 5.45. The first-order valence-corrected chi connectivity index (χ1v) is 8.28. The van der Waals surface area contributed by atoms with Crippen molar-refractivity contribution in [2.45, 2.75) is 5.66 Å². The Bertz CT molecular complexity index is 942. The van der Waals surface area contributed by atoms with Gasteiger partial charge in [0.2, 0.25) is 11.6 Å². The highest BCUT2D eigenvalue weighted by Gasteiger charge is 2.59. The van der Waals surface area contributed by atoms with E-state index in [2.05, 4.69) is 10.6 Å². The molecule has 1 spiro atoms. The monoisotopic (exact) mass is 350 g/mol. The van der Waals surface area contributed by atoms with Gasteiger partial charge in [-0.3, -0.25) is 14.4 Å². The minimum Gasteiger partial charge on any atom is -0.358 e. The zero-order chi connectivity index (χ0) is 18.5. The van der Waals surface area contributed by atoms with Gasteiger partial charge in [0.25, 0.3) is 11.8 Å². The van der Waals surface area contributed by atoms with Crippen molar-refractivity contribution in [1.29, 1.82) is 0 Å². The van der Waals surface area contributed by atoms with E-state index >= 15 is 0 Å². The predicted octanol–water partition coefficient (Wildman–Crippen LogP) is 1.13. The number of anilines is 2. The molecule has 2 heterocycles. The molecule has 2 aromatic rings. The summed E-state index contributed by atoms with van der Waals surface area (Å²) in [6.45, 7) is -0.0626. The molecule has 3 amide bonds. The predicted molar refractivity (Wildman–Crippen MR) is 96.7 cm³/mol. The first-order chi connectivity index (χ1) is 12.5. The third kappa shape index (κ3) is 1.91. The van der Waals surface area contributed by atoms with Gasteiger partial charge < -0.3 is 20.4 Å². The van der Waals surface area contributed by atoms with Crippen molar-refractivity contribution < 1.29 is 14.4 Å². The molecule has 0 saturated heterocycles. The van der Waals surface area contributed by atoms with Crippen molar-refractivity contribution >= 4 is 29.1 Å².